The Bertz CT molecular complexity index is 310. The topological polar surface area (TPSA) is 25.1 Å². The lowest BCUT2D eigenvalue weighted by molar-refractivity contribution is 0.229. The Morgan fingerprint density at radius 1 is 0.882 bits per heavy atom. The van der Waals surface area contributed by atoms with Gasteiger partial charge in [-0.25, -0.2) is 0 Å². The van der Waals surface area contributed by atoms with Crippen LogP contribution in [0.25, 0.3) is 0 Å². The molecule has 0 aromatic rings. The van der Waals surface area contributed by atoms with Gasteiger partial charge in [0.15, 0.2) is 0 Å². The predicted octanol–water partition coefficient (Wildman–Crippen LogP) is 3.29. The fraction of sp³-hybridized carbons (Fsp3) is 1.00. The number of epoxide rings is 2. The van der Waals surface area contributed by atoms with Crippen molar-refractivity contribution in [1.82, 2.24) is 0 Å². The number of fused-ring (bicyclic) bond motifs is 2. The second-order valence-electron chi connectivity index (χ2n) is 7.24. The van der Waals surface area contributed by atoms with Crippen LogP contribution in [0.15, 0.2) is 0 Å². The zero-order valence-electron chi connectivity index (χ0n) is 11.1. The van der Waals surface area contributed by atoms with Gasteiger partial charge in [-0.05, 0) is 57.8 Å². The van der Waals surface area contributed by atoms with Crippen molar-refractivity contribution >= 4 is 0 Å². The third-order valence-electron chi connectivity index (χ3n) is 5.84. The minimum atomic E-state index is 0.269. The Balaban J connectivity index is 1.41. The number of ether oxygens (including phenoxy) is 2. The first-order valence-electron chi connectivity index (χ1n) is 7.46. The molecule has 0 aromatic heterocycles. The van der Waals surface area contributed by atoms with Crippen LogP contribution in [0.5, 0.6) is 0 Å². The lowest BCUT2D eigenvalue weighted by Crippen LogP contribution is -2.30. The van der Waals surface area contributed by atoms with Gasteiger partial charge in [-0.1, -0.05) is 12.8 Å². The zero-order chi connectivity index (χ0) is 11.7. The quantitative estimate of drug-likeness (QED) is 0.687. The molecule has 0 aromatic carbocycles. The average Bonchev–Trinajstić information content (AvgIpc) is 3.13. The largest absolute Gasteiger partial charge is 0.366 e. The zero-order valence-corrected chi connectivity index (χ0v) is 11.1. The Morgan fingerprint density at radius 2 is 1.35 bits per heavy atom. The smallest absolute Gasteiger partial charge is 0.0923 e. The normalized spacial score (nSPS) is 60.4. The maximum absolute atomic E-state index is 5.95. The van der Waals surface area contributed by atoms with Gasteiger partial charge in [-0.3, -0.25) is 0 Å². The number of rotatable bonds is 2. The Labute approximate surface area is 104 Å². The van der Waals surface area contributed by atoms with E-state index >= 15 is 0 Å². The minimum Gasteiger partial charge on any atom is -0.366 e. The summed E-state index contributed by atoms with van der Waals surface area (Å²) in [5.41, 5.74) is 0.538. The van der Waals surface area contributed by atoms with Gasteiger partial charge < -0.3 is 9.47 Å². The maximum atomic E-state index is 5.95. The molecule has 2 saturated heterocycles. The van der Waals surface area contributed by atoms with Crippen LogP contribution in [0, 0.1) is 11.8 Å². The van der Waals surface area contributed by atoms with Gasteiger partial charge in [0.1, 0.15) is 0 Å². The Morgan fingerprint density at radius 3 is 1.82 bits per heavy atom. The summed E-state index contributed by atoms with van der Waals surface area (Å²) in [6.07, 6.45) is 10.6. The summed E-state index contributed by atoms with van der Waals surface area (Å²) in [6.45, 7) is 4.62. The predicted molar refractivity (Wildman–Crippen MR) is 65.9 cm³/mol. The molecule has 96 valence electrons. The molecular weight excluding hydrogens is 212 g/mol. The van der Waals surface area contributed by atoms with E-state index in [1.807, 2.05) is 0 Å². The van der Waals surface area contributed by atoms with Crippen LogP contribution in [0.4, 0.5) is 0 Å². The van der Waals surface area contributed by atoms with Crippen molar-refractivity contribution in [3.05, 3.63) is 0 Å². The van der Waals surface area contributed by atoms with Crippen LogP contribution in [0.1, 0.15) is 58.8 Å². The molecule has 0 N–H and O–H groups in total. The molecule has 0 amide bonds. The molecule has 2 nitrogen and oxygen atoms in total. The third-order valence-corrected chi connectivity index (χ3v) is 5.84. The Kier molecular flexibility index (Phi) is 2.08. The molecule has 0 spiro atoms. The molecule has 0 radical (unpaired) electrons. The fourth-order valence-corrected chi connectivity index (χ4v) is 4.71. The summed E-state index contributed by atoms with van der Waals surface area (Å²) >= 11 is 0. The molecule has 6 atom stereocenters. The van der Waals surface area contributed by atoms with E-state index in [1.165, 1.54) is 44.9 Å². The first kappa shape index (κ1) is 10.8. The summed E-state index contributed by atoms with van der Waals surface area (Å²) < 4.78 is 11.9. The van der Waals surface area contributed by atoms with Crippen molar-refractivity contribution in [3.63, 3.8) is 0 Å². The minimum absolute atomic E-state index is 0.269. The molecule has 17 heavy (non-hydrogen) atoms. The highest BCUT2D eigenvalue weighted by Gasteiger charge is 2.61. The van der Waals surface area contributed by atoms with E-state index in [4.69, 9.17) is 9.47 Å². The van der Waals surface area contributed by atoms with Crippen LogP contribution in [-0.2, 0) is 9.47 Å². The summed E-state index contributed by atoms with van der Waals surface area (Å²) in [4.78, 5) is 0. The van der Waals surface area contributed by atoms with E-state index in [1.54, 1.807) is 0 Å². The first-order valence-corrected chi connectivity index (χ1v) is 7.46. The average molecular weight is 236 g/mol. The highest BCUT2D eigenvalue weighted by atomic mass is 16.6. The van der Waals surface area contributed by atoms with Gasteiger partial charge in [0.25, 0.3) is 0 Å². The van der Waals surface area contributed by atoms with E-state index in [0.29, 0.717) is 12.2 Å². The molecule has 2 heterocycles. The highest BCUT2D eigenvalue weighted by molar-refractivity contribution is 5.09. The van der Waals surface area contributed by atoms with Crippen LogP contribution in [-0.4, -0.2) is 23.4 Å². The van der Waals surface area contributed by atoms with Crippen molar-refractivity contribution in [3.8, 4) is 0 Å². The van der Waals surface area contributed by atoms with E-state index in [-0.39, 0.29) is 11.2 Å². The van der Waals surface area contributed by atoms with E-state index in [2.05, 4.69) is 13.8 Å². The lowest BCUT2D eigenvalue weighted by Gasteiger charge is -2.28. The van der Waals surface area contributed by atoms with Gasteiger partial charge in [0, 0.05) is 0 Å². The fourth-order valence-electron chi connectivity index (χ4n) is 4.71. The summed E-state index contributed by atoms with van der Waals surface area (Å²) in [5.74, 6) is 1.65. The molecule has 2 saturated carbocycles. The molecule has 4 aliphatic rings. The Hall–Kier alpha value is -0.0800. The number of hydrogen-bond donors (Lipinski definition) is 0. The van der Waals surface area contributed by atoms with Crippen LogP contribution in [0.3, 0.4) is 0 Å². The second kappa shape index (κ2) is 3.27. The molecule has 4 rings (SSSR count). The van der Waals surface area contributed by atoms with E-state index in [0.717, 1.165) is 11.8 Å². The van der Waals surface area contributed by atoms with Crippen molar-refractivity contribution in [2.75, 3.05) is 0 Å². The summed E-state index contributed by atoms with van der Waals surface area (Å²) in [7, 11) is 0. The molecule has 6 unspecified atom stereocenters. The van der Waals surface area contributed by atoms with Gasteiger partial charge in [0.2, 0.25) is 0 Å². The second-order valence-corrected chi connectivity index (χ2v) is 7.24. The monoisotopic (exact) mass is 236 g/mol. The molecular formula is C15H24O2. The van der Waals surface area contributed by atoms with Gasteiger partial charge >= 0.3 is 0 Å². The van der Waals surface area contributed by atoms with Crippen LogP contribution < -0.4 is 0 Å². The van der Waals surface area contributed by atoms with Gasteiger partial charge in [-0.2, -0.15) is 0 Å². The van der Waals surface area contributed by atoms with Gasteiger partial charge in [0.05, 0.1) is 23.4 Å². The van der Waals surface area contributed by atoms with Crippen molar-refractivity contribution in [1.29, 1.82) is 0 Å². The summed E-state index contributed by atoms with van der Waals surface area (Å²) in [5, 5.41) is 0. The standard InChI is InChI=1S/C15H24O2/c1-14-7-3-5-10(12(14)16-14)9-11-6-4-8-15(2)13(11)17-15/h10-13H,3-9H2,1-2H3. The van der Waals surface area contributed by atoms with Crippen LogP contribution in [0.2, 0.25) is 0 Å². The first-order chi connectivity index (χ1) is 8.11. The van der Waals surface area contributed by atoms with Gasteiger partial charge in [-0.15, -0.1) is 0 Å². The number of hydrogen-bond acceptors (Lipinski definition) is 2. The van der Waals surface area contributed by atoms with E-state index < -0.39 is 0 Å². The van der Waals surface area contributed by atoms with E-state index in [9.17, 15) is 0 Å². The maximum Gasteiger partial charge on any atom is 0.0923 e. The van der Waals surface area contributed by atoms with Crippen molar-refractivity contribution in [2.24, 2.45) is 11.8 Å². The van der Waals surface area contributed by atoms with Crippen LogP contribution >= 0.6 is 0 Å². The molecule has 0 bridgehead atoms. The summed E-state index contributed by atoms with van der Waals surface area (Å²) in [6, 6.07) is 0. The van der Waals surface area contributed by atoms with Crippen molar-refractivity contribution in [2.45, 2.75) is 82.2 Å². The molecule has 2 aliphatic heterocycles. The third kappa shape index (κ3) is 1.60. The molecule has 2 aliphatic carbocycles. The lowest BCUT2D eigenvalue weighted by atomic mass is 9.73. The highest BCUT2D eigenvalue weighted by Crippen LogP contribution is 2.56. The SMILES string of the molecule is CC12CCCC(CC3CCCC4(C)OC34)C1O2. The molecule has 4 fully saturated rings. The van der Waals surface area contributed by atoms with Crippen molar-refractivity contribution < 1.29 is 9.47 Å². The molecule has 2 heteroatoms.